The van der Waals surface area contributed by atoms with Gasteiger partial charge in [0, 0.05) is 0 Å². The van der Waals surface area contributed by atoms with Crippen molar-refractivity contribution in [2.45, 2.75) is 53.2 Å². The van der Waals surface area contributed by atoms with Gasteiger partial charge in [0.25, 0.3) is 0 Å². The van der Waals surface area contributed by atoms with Gasteiger partial charge in [-0.05, 0) is 0 Å². The Hall–Kier alpha value is 0.199. The molecule has 0 saturated carbocycles. The minimum absolute atomic E-state index is 0.0287. The van der Waals surface area contributed by atoms with Crippen LogP contribution in [0.5, 0.6) is 0 Å². The van der Waals surface area contributed by atoms with Gasteiger partial charge >= 0.3 is 117 Å². The predicted octanol–water partition coefficient (Wildman–Crippen LogP) is 4.30. The van der Waals surface area contributed by atoms with E-state index in [1.807, 2.05) is 6.08 Å². The number of rotatable bonds is 7. The van der Waals surface area contributed by atoms with Gasteiger partial charge in [-0.15, -0.1) is 0 Å². The quantitative estimate of drug-likeness (QED) is 0.499. The molecule has 1 rings (SSSR count). The molecule has 0 aromatic carbocycles. The van der Waals surface area contributed by atoms with Crippen LogP contribution < -0.4 is 0 Å². The van der Waals surface area contributed by atoms with Gasteiger partial charge in [-0.25, -0.2) is 0 Å². The average molecular weight is 359 g/mol. The molecule has 1 atom stereocenters. The fraction of sp³-hybridized carbons (Fsp3) is 0.733. The van der Waals surface area contributed by atoms with Crippen LogP contribution in [0.4, 0.5) is 0 Å². The van der Waals surface area contributed by atoms with E-state index in [0.717, 1.165) is 32.5 Å². The van der Waals surface area contributed by atoms with Crippen molar-refractivity contribution in [3.8, 4) is 0 Å². The van der Waals surface area contributed by atoms with Gasteiger partial charge in [-0.3, -0.25) is 0 Å². The molecule has 0 amide bonds. The summed E-state index contributed by atoms with van der Waals surface area (Å²) in [4.78, 5) is 7.29. The van der Waals surface area contributed by atoms with Crippen LogP contribution in [0.3, 0.4) is 0 Å². The molecule has 1 aliphatic rings. The second-order valence-corrected chi connectivity index (χ2v) is 20.4. The minimum atomic E-state index is -1.88. The Bertz CT molecular complexity index is 273. The first kappa shape index (κ1) is 16.3. The zero-order valence-corrected chi connectivity index (χ0v) is 15.1. The Balaban J connectivity index is 2.44. The zero-order valence-electron chi connectivity index (χ0n) is 12.2. The molecule has 0 bridgehead atoms. The molecule has 0 aromatic heterocycles. The monoisotopic (exact) mass is 360 g/mol. The second kappa shape index (κ2) is 8.39. The first-order valence-electron chi connectivity index (χ1n) is 7.06. The van der Waals surface area contributed by atoms with Gasteiger partial charge in [0.1, 0.15) is 0 Å². The van der Waals surface area contributed by atoms with Crippen LogP contribution >= 0.6 is 0 Å². The van der Waals surface area contributed by atoms with Crippen molar-refractivity contribution in [1.29, 1.82) is 0 Å². The van der Waals surface area contributed by atoms with Crippen LogP contribution in [0.25, 0.3) is 0 Å². The van der Waals surface area contributed by atoms with Crippen molar-refractivity contribution >= 4 is 18.4 Å². The molecule has 0 spiro atoms. The SMILES string of the molecule is C=CCC/C(=[CH]/[Sn]([CH3])([CH3])[CH3])COC1CCCCO1. The molecule has 1 saturated heterocycles. The van der Waals surface area contributed by atoms with Gasteiger partial charge in [0.2, 0.25) is 0 Å². The van der Waals surface area contributed by atoms with E-state index < -0.39 is 18.4 Å². The Kier molecular flexibility index (Phi) is 7.57. The summed E-state index contributed by atoms with van der Waals surface area (Å²) in [6.07, 6.45) is 7.61. The van der Waals surface area contributed by atoms with Crippen molar-refractivity contribution in [3.63, 3.8) is 0 Å². The van der Waals surface area contributed by atoms with E-state index in [1.165, 1.54) is 18.4 Å². The van der Waals surface area contributed by atoms with Crippen molar-refractivity contribution in [1.82, 2.24) is 0 Å². The number of hydrogen-bond acceptors (Lipinski definition) is 2. The summed E-state index contributed by atoms with van der Waals surface area (Å²) >= 11 is -1.88. The van der Waals surface area contributed by atoms with Gasteiger partial charge in [-0.1, -0.05) is 0 Å². The molecule has 1 fully saturated rings. The third-order valence-corrected chi connectivity index (χ3v) is 6.54. The summed E-state index contributed by atoms with van der Waals surface area (Å²) in [6.45, 7) is 5.40. The topological polar surface area (TPSA) is 18.5 Å². The zero-order chi connectivity index (χ0) is 13.4. The maximum absolute atomic E-state index is 5.90. The van der Waals surface area contributed by atoms with Crippen LogP contribution in [0.15, 0.2) is 22.3 Å². The Morgan fingerprint density at radius 2 is 2.17 bits per heavy atom. The number of ether oxygens (including phenoxy) is 2. The Morgan fingerprint density at radius 1 is 1.39 bits per heavy atom. The van der Waals surface area contributed by atoms with Gasteiger partial charge in [0.05, 0.1) is 0 Å². The van der Waals surface area contributed by atoms with Gasteiger partial charge in [-0.2, -0.15) is 0 Å². The van der Waals surface area contributed by atoms with E-state index in [2.05, 4.69) is 25.5 Å². The van der Waals surface area contributed by atoms with Crippen LogP contribution in [0.1, 0.15) is 32.1 Å². The van der Waals surface area contributed by atoms with Crippen molar-refractivity contribution in [2.75, 3.05) is 13.2 Å². The van der Waals surface area contributed by atoms with Crippen molar-refractivity contribution in [2.24, 2.45) is 0 Å². The van der Waals surface area contributed by atoms with Crippen LogP contribution in [0, 0.1) is 0 Å². The molecule has 3 heteroatoms. The van der Waals surface area contributed by atoms with Crippen molar-refractivity contribution < 1.29 is 9.47 Å². The molecule has 0 aliphatic carbocycles. The molecular formula is C15H28O2Sn. The molecule has 18 heavy (non-hydrogen) atoms. The van der Waals surface area contributed by atoms with E-state index in [4.69, 9.17) is 9.47 Å². The molecule has 1 heterocycles. The molecule has 2 nitrogen and oxygen atoms in total. The molecule has 1 aliphatic heterocycles. The molecular weight excluding hydrogens is 331 g/mol. The number of allylic oxidation sites excluding steroid dienone is 1. The molecule has 0 aromatic rings. The third kappa shape index (κ3) is 7.59. The van der Waals surface area contributed by atoms with E-state index in [-0.39, 0.29) is 6.29 Å². The van der Waals surface area contributed by atoms with Gasteiger partial charge < -0.3 is 0 Å². The summed E-state index contributed by atoms with van der Waals surface area (Å²) in [6, 6.07) is 0. The molecule has 0 N–H and O–H groups in total. The first-order valence-corrected chi connectivity index (χ1v) is 17.3. The third-order valence-electron chi connectivity index (χ3n) is 2.90. The van der Waals surface area contributed by atoms with Crippen molar-refractivity contribution in [3.05, 3.63) is 22.3 Å². The van der Waals surface area contributed by atoms with Crippen LogP contribution in [-0.2, 0) is 9.47 Å². The van der Waals surface area contributed by atoms with E-state index in [1.54, 1.807) is 0 Å². The maximum atomic E-state index is 5.90. The standard InChI is InChI=1S/C12H19O2.3CH3.Sn/c1-3-4-7-11(2)10-14-12-8-5-6-9-13-12;;;;/h2-3,12H,1,4-10H2;3*1H3;. The summed E-state index contributed by atoms with van der Waals surface area (Å²) in [5, 5.41) is 0. The van der Waals surface area contributed by atoms with Gasteiger partial charge in [0.15, 0.2) is 0 Å². The molecule has 1 unspecified atom stereocenters. The molecule has 0 radical (unpaired) electrons. The Labute approximate surface area is 116 Å². The normalized spacial score (nSPS) is 21.9. The summed E-state index contributed by atoms with van der Waals surface area (Å²) in [7, 11) is 0. The number of hydrogen-bond donors (Lipinski definition) is 0. The van der Waals surface area contributed by atoms with E-state index >= 15 is 0 Å². The second-order valence-electron chi connectivity index (χ2n) is 6.10. The summed E-state index contributed by atoms with van der Waals surface area (Å²) in [5.41, 5.74) is 1.45. The van der Waals surface area contributed by atoms with E-state index in [0.29, 0.717) is 0 Å². The molecule has 104 valence electrons. The Morgan fingerprint density at radius 3 is 2.72 bits per heavy atom. The van der Waals surface area contributed by atoms with Crippen LogP contribution in [0.2, 0.25) is 14.8 Å². The fourth-order valence-electron chi connectivity index (χ4n) is 2.13. The summed E-state index contributed by atoms with van der Waals surface area (Å²) in [5.74, 6) is 0. The van der Waals surface area contributed by atoms with Crippen LogP contribution in [-0.4, -0.2) is 37.9 Å². The predicted molar refractivity (Wildman–Crippen MR) is 80.4 cm³/mol. The average Bonchev–Trinajstić information content (AvgIpc) is 2.32. The first-order chi connectivity index (χ1) is 8.51. The summed E-state index contributed by atoms with van der Waals surface area (Å²) < 4.78 is 14.0. The van der Waals surface area contributed by atoms with E-state index in [9.17, 15) is 0 Å². The fourth-order valence-corrected chi connectivity index (χ4v) is 6.27.